The van der Waals surface area contributed by atoms with Crippen molar-refractivity contribution in [2.75, 3.05) is 25.1 Å². The SMILES string of the molecule is CC(C)COCC(O)CNC(=O)Nc1ccc(Cl)c(C(F)(F)F)c1. The topological polar surface area (TPSA) is 70.6 Å². The van der Waals surface area contributed by atoms with Gasteiger partial charge in [0.1, 0.15) is 0 Å². The van der Waals surface area contributed by atoms with Crippen molar-refractivity contribution < 1.29 is 27.8 Å². The molecule has 0 heterocycles. The third kappa shape index (κ3) is 7.37. The molecule has 0 saturated heterocycles. The maximum absolute atomic E-state index is 12.7. The van der Waals surface area contributed by atoms with Gasteiger partial charge in [-0.25, -0.2) is 4.79 Å². The second-order valence-electron chi connectivity index (χ2n) is 5.61. The predicted octanol–water partition coefficient (Wildman–Crippen LogP) is 3.51. The minimum absolute atomic E-state index is 0.0532. The Balaban J connectivity index is 2.48. The quantitative estimate of drug-likeness (QED) is 0.689. The average Bonchev–Trinajstić information content (AvgIpc) is 2.45. The number of amides is 2. The summed E-state index contributed by atoms with van der Waals surface area (Å²) in [5.41, 5.74) is -1.10. The summed E-state index contributed by atoms with van der Waals surface area (Å²) in [6.45, 7) is 4.36. The van der Waals surface area contributed by atoms with Gasteiger partial charge < -0.3 is 20.5 Å². The number of benzene rings is 1. The monoisotopic (exact) mass is 368 g/mol. The van der Waals surface area contributed by atoms with Crippen LogP contribution in [0.1, 0.15) is 19.4 Å². The molecule has 1 unspecified atom stereocenters. The van der Waals surface area contributed by atoms with Gasteiger partial charge in [0.15, 0.2) is 0 Å². The lowest BCUT2D eigenvalue weighted by atomic mass is 10.2. The van der Waals surface area contributed by atoms with Crippen LogP contribution >= 0.6 is 11.6 Å². The Morgan fingerprint density at radius 2 is 2.00 bits per heavy atom. The summed E-state index contributed by atoms with van der Waals surface area (Å²) in [6, 6.07) is 2.30. The number of rotatable bonds is 7. The standard InChI is InChI=1S/C15H20ClF3N2O3/c1-9(2)7-24-8-11(22)6-20-14(23)21-10-3-4-13(16)12(5-10)15(17,18)19/h3-5,9,11,22H,6-8H2,1-2H3,(H2,20,21,23). The highest BCUT2D eigenvalue weighted by atomic mass is 35.5. The number of aliphatic hydroxyl groups is 1. The number of carbonyl (C=O) groups excluding carboxylic acids is 1. The molecule has 0 aliphatic rings. The van der Waals surface area contributed by atoms with E-state index in [2.05, 4.69) is 10.6 Å². The minimum atomic E-state index is -4.62. The normalized spacial score (nSPS) is 13.0. The number of halogens is 4. The summed E-state index contributed by atoms with van der Waals surface area (Å²) >= 11 is 5.50. The van der Waals surface area contributed by atoms with Crippen LogP contribution in [-0.2, 0) is 10.9 Å². The Labute approximate surface area is 143 Å². The minimum Gasteiger partial charge on any atom is -0.389 e. The van der Waals surface area contributed by atoms with Gasteiger partial charge in [-0.2, -0.15) is 13.2 Å². The van der Waals surface area contributed by atoms with Crippen LogP contribution in [-0.4, -0.2) is 37.0 Å². The summed E-state index contributed by atoms with van der Waals surface area (Å²) in [7, 11) is 0. The van der Waals surface area contributed by atoms with E-state index in [4.69, 9.17) is 16.3 Å². The molecule has 1 aromatic rings. The zero-order chi connectivity index (χ0) is 18.3. The molecule has 3 N–H and O–H groups in total. The van der Waals surface area contributed by atoms with Crippen LogP contribution in [0, 0.1) is 5.92 Å². The van der Waals surface area contributed by atoms with Crippen LogP contribution in [0.3, 0.4) is 0 Å². The van der Waals surface area contributed by atoms with Gasteiger partial charge in [0.25, 0.3) is 0 Å². The summed E-state index contributed by atoms with van der Waals surface area (Å²) in [5, 5.41) is 13.8. The van der Waals surface area contributed by atoms with Crippen LogP contribution in [0.15, 0.2) is 18.2 Å². The van der Waals surface area contributed by atoms with Crippen LogP contribution in [0.25, 0.3) is 0 Å². The number of carbonyl (C=O) groups is 1. The molecule has 0 saturated carbocycles. The van der Waals surface area contributed by atoms with Crippen molar-refractivity contribution in [1.82, 2.24) is 5.32 Å². The molecule has 0 spiro atoms. The number of nitrogens with one attached hydrogen (secondary N) is 2. The molecule has 0 aliphatic heterocycles. The first-order valence-electron chi connectivity index (χ1n) is 7.27. The molecule has 0 bridgehead atoms. The lowest BCUT2D eigenvalue weighted by Crippen LogP contribution is -2.37. The van der Waals surface area contributed by atoms with Crippen molar-refractivity contribution in [3.8, 4) is 0 Å². The second-order valence-corrected chi connectivity index (χ2v) is 6.02. The molecule has 0 radical (unpaired) electrons. The number of urea groups is 1. The third-order valence-electron chi connectivity index (χ3n) is 2.79. The van der Waals surface area contributed by atoms with Gasteiger partial charge in [-0.3, -0.25) is 0 Å². The van der Waals surface area contributed by atoms with E-state index in [1.807, 2.05) is 13.8 Å². The lowest BCUT2D eigenvalue weighted by molar-refractivity contribution is -0.137. The fourth-order valence-corrected chi connectivity index (χ4v) is 1.93. The molecular weight excluding hydrogens is 349 g/mol. The molecule has 1 atom stereocenters. The van der Waals surface area contributed by atoms with E-state index in [1.165, 1.54) is 6.07 Å². The molecule has 5 nitrogen and oxygen atoms in total. The molecule has 0 aromatic heterocycles. The molecule has 2 amide bonds. The number of aliphatic hydroxyl groups excluding tert-OH is 1. The van der Waals surface area contributed by atoms with Gasteiger partial charge in [0.05, 0.1) is 23.3 Å². The van der Waals surface area contributed by atoms with Crippen LogP contribution in [0.4, 0.5) is 23.7 Å². The largest absolute Gasteiger partial charge is 0.417 e. The highest BCUT2D eigenvalue weighted by Crippen LogP contribution is 2.36. The van der Waals surface area contributed by atoms with Crippen LogP contribution < -0.4 is 10.6 Å². The molecule has 24 heavy (non-hydrogen) atoms. The van der Waals surface area contributed by atoms with E-state index in [0.29, 0.717) is 12.5 Å². The summed E-state index contributed by atoms with van der Waals surface area (Å²) in [4.78, 5) is 11.7. The first kappa shape index (κ1) is 20.5. The number of anilines is 1. The zero-order valence-electron chi connectivity index (χ0n) is 13.3. The molecule has 1 rings (SSSR count). The second kappa shape index (κ2) is 9.10. The first-order chi connectivity index (χ1) is 11.1. The molecule has 1 aromatic carbocycles. The average molecular weight is 369 g/mol. The maximum atomic E-state index is 12.7. The smallest absolute Gasteiger partial charge is 0.389 e. The Kier molecular flexibility index (Phi) is 7.78. The van der Waals surface area contributed by atoms with Gasteiger partial charge in [-0.1, -0.05) is 25.4 Å². The van der Waals surface area contributed by atoms with Crippen molar-refractivity contribution in [3.63, 3.8) is 0 Å². The fraction of sp³-hybridized carbons (Fsp3) is 0.533. The van der Waals surface area contributed by atoms with Crippen molar-refractivity contribution >= 4 is 23.3 Å². The molecule has 0 fully saturated rings. The van der Waals surface area contributed by atoms with Crippen molar-refractivity contribution in [2.45, 2.75) is 26.1 Å². The van der Waals surface area contributed by atoms with Crippen molar-refractivity contribution in [3.05, 3.63) is 28.8 Å². The van der Waals surface area contributed by atoms with Gasteiger partial charge in [0, 0.05) is 18.8 Å². The summed E-state index contributed by atoms with van der Waals surface area (Å²) in [5.74, 6) is 0.321. The van der Waals surface area contributed by atoms with E-state index >= 15 is 0 Å². The Morgan fingerprint density at radius 1 is 1.33 bits per heavy atom. The predicted molar refractivity (Wildman–Crippen MR) is 85.1 cm³/mol. The van der Waals surface area contributed by atoms with E-state index in [1.54, 1.807) is 0 Å². The highest BCUT2D eigenvalue weighted by Gasteiger charge is 2.33. The molecule has 136 valence electrons. The lowest BCUT2D eigenvalue weighted by Gasteiger charge is -2.15. The fourth-order valence-electron chi connectivity index (χ4n) is 1.70. The van der Waals surface area contributed by atoms with E-state index in [9.17, 15) is 23.1 Å². The number of hydrogen-bond donors (Lipinski definition) is 3. The van der Waals surface area contributed by atoms with Crippen molar-refractivity contribution in [1.29, 1.82) is 0 Å². The van der Waals surface area contributed by atoms with Gasteiger partial charge in [-0.15, -0.1) is 0 Å². The van der Waals surface area contributed by atoms with Gasteiger partial charge >= 0.3 is 12.2 Å². The third-order valence-corrected chi connectivity index (χ3v) is 3.12. The first-order valence-corrected chi connectivity index (χ1v) is 7.64. The number of alkyl halides is 3. The maximum Gasteiger partial charge on any atom is 0.417 e. The van der Waals surface area contributed by atoms with Crippen LogP contribution in [0.2, 0.25) is 5.02 Å². The number of ether oxygens (including phenoxy) is 1. The molecule has 0 aliphatic carbocycles. The van der Waals surface area contributed by atoms with Crippen LogP contribution in [0.5, 0.6) is 0 Å². The summed E-state index contributed by atoms with van der Waals surface area (Å²) < 4.78 is 43.4. The van der Waals surface area contributed by atoms with E-state index in [-0.39, 0.29) is 18.8 Å². The van der Waals surface area contributed by atoms with Gasteiger partial charge in [0.2, 0.25) is 0 Å². The Hall–Kier alpha value is -1.51. The van der Waals surface area contributed by atoms with E-state index in [0.717, 1.165) is 12.1 Å². The van der Waals surface area contributed by atoms with Crippen molar-refractivity contribution in [2.24, 2.45) is 5.92 Å². The molecule has 9 heteroatoms. The Bertz CT molecular complexity index is 553. The molecular formula is C15H20ClF3N2O3. The zero-order valence-corrected chi connectivity index (χ0v) is 14.0. The highest BCUT2D eigenvalue weighted by molar-refractivity contribution is 6.31. The Morgan fingerprint density at radius 3 is 2.58 bits per heavy atom. The number of hydrogen-bond acceptors (Lipinski definition) is 3. The van der Waals surface area contributed by atoms with E-state index < -0.39 is 28.9 Å². The summed E-state index contributed by atoms with van der Waals surface area (Å²) in [6.07, 6.45) is -5.53. The van der Waals surface area contributed by atoms with Gasteiger partial charge in [-0.05, 0) is 24.1 Å².